The van der Waals surface area contributed by atoms with E-state index in [1.54, 1.807) is 6.20 Å². The molecule has 1 aliphatic rings. The molecule has 1 saturated heterocycles. The minimum absolute atomic E-state index is 0.125. The number of hydrogen-bond donors (Lipinski definition) is 1. The Balaban J connectivity index is 1.97. The van der Waals surface area contributed by atoms with E-state index in [1.165, 1.54) is 0 Å². The van der Waals surface area contributed by atoms with Crippen LogP contribution in [0.2, 0.25) is 0 Å². The van der Waals surface area contributed by atoms with Crippen LogP contribution in [0.4, 0.5) is 0 Å². The first-order chi connectivity index (χ1) is 7.33. The molecule has 1 N–H and O–H groups in total. The zero-order valence-electron chi connectivity index (χ0n) is 9.15. The van der Waals surface area contributed by atoms with E-state index >= 15 is 0 Å². The summed E-state index contributed by atoms with van der Waals surface area (Å²) in [5, 5.41) is 8.78. The molecule has 0 saturated carbocycles. The molecule has 4 nitrogen and oxygen atoms in total. The number of nitrogens with zero attached hydrogens (tertiary/aromatic N) is 2. The van der Waals surface area contributed by atoms with Crippen molar-refractivity contribution in [2.75, 3.05) is 26.2 Å². The van der Waals surface area contributed by atoms with Crippen molar-refractivity contribution in [1.82, 2.24) is 9.88 Å². The van der Waals surface area contributed by atoms with Gasteiger partial charge in [-0.05, 0) is 19.5 Å². The molecule has 1 aromatic rings. The molecule has 84 valence electrons. The Labute approximate surface area is 89.9 Å². The summed E-state index contributed by atoms with van der Waals surface area (Å²) in [5.74, 6) is 2.08. The second-order valence-corrected chi connectivity index (χ2v) is 4.02. The van der Waals surface area contributed by atoms with Gasteiger partial charge in [0.25, 0.3) is 0 Å². The van der Waals surface area contributed by atoms with Gasteiger partial charge < -0.3 is 14.4 Å². The highest BCUT2D eigenvalue weighted by Crippen LogP contribution is 2.26. The molecule has 1 unspecified atom stereocenters. The summed E-state index contributed by atoms with van der Waals surface area (Å²) in [6, 6.07) is 0. The fourth-order valence-electron chi connectivity index (χ4n) is 2.06. The van der Waals surface area contributed by atoms with Crippen molar-refractivity contribution in [3.05, 3.63) is 17.8 Å². The third-order valence-corrected chi connectivity index (χ3v) is 3.00. The van der Waals surface area contributed by atoms with E-state index in [2.05, 4.69) is 16.8 Å². The van der Waals surface area contributed by atoms with Gasteiger partial charge in [-0.3, -0.25) is 0 Å². The molecule has 2 rings (SSSR count). The predicted octanol–water partition coefficient (Wildman–Crippen LogP) is 1.02. The number of rotatable bonds is 4. The Kier molecular flexibility index (Phi) is 3.38. The first-order valence-electron chi connectivity index (χ1n) is 5.61. The van der Waals surface area contributed by atoms with Crippen LogP contribution in [0.1, 0.15) is 30.9 Å². The maximum atomic E-state index is 8.78. The lowest BCUT2D eigenvalue weighted by Gasteiger charge is -2.10. The minimum Gasteiger partial charge on any atom is -0.445 e. The van der Waals surface area contributed by atoms with Crippen molar-refractivity contribution in [1.29, 1.82) is 0 Å². The van der Waals surface area contributed by atoms with Gasteiger partial charge in [0.1, 0.15) is 5.76 Å². The van der Waals surface area contributed by atoms with Crippen LogP contribution in [-0.4, -0.2) is 41.2 Å². The van der Waals surface area contributed by atoms with E-state index in [0.717, 1.165) is 37.7 Å². The molecule has 1 aliphatic heterocycles. The maximum absolute atomic E-state index is 8.78. The molecule has 4 heteroatoms. The van der Waals surface area contributed by atoms with Crippen LogP contribution in [0.15, 0.2) is 10.6 Å². The van der Waals surface area contributed by atoms with Gasteiger partial charge in [-0.2, -0.15) is 0 Å². The molecule has 1 fully saturated rings. The summed E-state index contributed by atoms with van der Waals surface area (Å²) in [5.41, 5.74) is 0. The first kappa shape index (κ1) is 10.6. The van der Waals surface area contributed by atoms with Crippen molar-refractivity contribution in [2.45, 2.75) is 25.7 Å². The van der Waals surface area contributed by atoms with E-state index in [1.807, 2.05) is 0 Å². The van der Waals surface area contributed by atoms with Crippen LogP contribution in [0, 0.1) is 0 Å². The van der Waals surface area contributed by atoms with Gasteiger partial charge in [-0.1, -0.05) is 6.92 Å². The fourth-order valence-corrected chi connectivity index (χ4v) is 2.06. The summed E-state index contributed by atoms with van der Waals surface area (Å²) in [4.78, 5) is 6.68. The smallest absolute Gasteiger partial charge is 0.198 e. The Morgan fingerprint density at radius 3 is 3.20 bits per heavy atom. The average molecular weight is 210 g/mol. The van der Waals surface area contributed by atoms with Gasteiger partial charge in [0.15, 0.2) is 5.89 Å². The monoisotopic (exact) mass is 210 g/mol. The molecule has 0 spiro atoms. The van der Waals surface area contributed by atoms with Gasteiger partial charge in [0.2, 0.25) is 0 Å². The second kappa shape index (κ2) is 4.77. The minimum atomic E-state index is 0.125. The average Bonchev–Trinajstić information content (AvgIpc) is 2.85. The molecule has 0 bridgehead atoms. The largest absolute Gasteiger partial charge is 0.445 e. The lowest BCUT2D eigenvalue weighted by Crippen LogP contribution is -2.19. The van der Waals surface area contributed by atoms with E-state index < -0.39 is 0 Å². The molecule has 1 aromatic heterocycles. The van der Waals surface area contributed by atoms with Crippen molar-refractivity contribution >= 4 is 0 Å². The Morgan fingerprint density at radius 1 is 1.67 bits per heavy atom. The predicted molar refractivity (Wildman–Crippen MR) is 56.8 cm³/mol. The number of oxazole rings is 1. The molecular weight excluding hydrogens is 192 g/mol. The number of aromatic nitrogens is 1. The molecule has 0 aromatic carbocycles. The fraction of sp³-hybridized carbons (Fsp3) is 0.727. The van der Waals surface area contributed by atoms with Crippen LogP contribution < -0.4 is 0 Å². The molecule has 2 heterocycles. The van der Waals surface area contributed by atoms with E-state index in [9.17, 15) is 0 Å². The highest BCUT2D eigenvalue weighted by Gasteiger charge is 2.26. The lowest BCUT2D eigenvalue weighted by molar-refractivity contribution is 0.283. The molecule has 1 atom stereocenters. The number of likely N-dealkylation sites (tertiary alicyclic amines) is 1. The molecular formula is C11H18N2O2. The van der Waals surface area contributed by atoms with Crippen LogP contribution in [-0.2, 0) is 6.42 Å². The van der Waals surface area contributed by atoms with Gasteiger partial charge in [-0.25, -0.2) is 4.98 Å². The van der Waals surface area contributed by atoms with Crippen molar-refractivity contribution in [3.8, 4) is 0 Å². The molecule has 0 aliphatic carbocycles. The zero-order chi connectivity index (χ0) is 10.7. The molecule has 15 heavy (non-hydrogen) atoms. The quantitative estimate of drug-likeness (QED) is 0.806. The lowest BCUT2D eigenvalue weighted by atomic mass is 10.1. The normalized spacial score (nSPS) is 22.4. The second-order valence-electron chi connectivity index (χ2n) is 4.02. The maximum Gasteiger partial charge on any atom is 0.198 e. The number of hydrogen-bond acceptors (Lipinski definition) is 4. The van der Waals surface area contributed by atoms with Crippen LogP contribution in [0.3, 0.4) is 0 Å². The molecule has 0 radical (unpaired) electrons. The highest BCUT2D eigenvalue weighted by molar-refractivity contribution is 5.02. The topological polar surface area (TPSA) is 49.5 Å². The standard InChI is InChI=1S/C11H18N2O2/c1-2-13-5-3-9(8-13)11-12-7-10(15-11)4-6-14/h7,9,14H,2-6,8H2,1H3. The summed E-state index contributed by atoms with van der Waals surface area (Å²) in [7, 11) is 0. The van der Waals surface area contributed by atoms with Crippen LogP contribution in [0.5, 0.6) is 0 Å². The number of likely N-dealkylation sites (N-methyl/N-ethyl adjacent to an activating group) is 1. The van der Waals surface area contributed by atoms with Gasteiger partial charge in [-0.15, -0.1) is 0 Å². The van der Waals surface area contributed by atoms with Crippen LogP contribution in [0.25, 0.3) is 0 Å². The van der Waals surface area contributed by atoms with Crippen molar-refractivity contribution in [2.24, 2.45) is 0 Å². The van der Waals surface area contributed by atoms with Gasteiger partial charge >= 0.3 is 0 Å². The van der Waals surface area contributed by atoms with E-state index in [0.29, 0.717) is 12.3 Å². The first-order valence-corrected chi connectivity index (χ1v) is 5.61. The summed E-state index contributed by atoms with van der Waals surface area (Å²) < 4.78 is 5.60. The third kappa shape index (κ3) is 2.38. The highest BCUT2D eigenvalue weighted by atomic mass is 16.4. The Morgan fingerprint density at radius 2 is 2.53 bits per heavy atom. The van der Waals surface area contributed by atoms with Crippen molar-refractivity contribution < 1.29 is 9.52 Å². The van der Waals surface area contributed by atoms with Crippen LogP contribution >= 0.6 is 0 Å². The summed E-state index contributed by atoms with van der Waals surface area (Å²) >= 11 is 0. The van der Waals surface area contributed by atoms with Gasteiger partial charge in [0, 0.05) is 18.9 Å². The number of aliphatic hydroxyl groups excluding tert-OH is 1. The Hall–Kier alpha value is -0.870. The number of aliphatic hydroxyl groups is 1. The van der Waals surface area contributed by atoms with Gasteiger partial charge in [0.05, 0.1) is 12.8 Å². The van der Waals surface area contributed by atoms with E-state index in [-0.39, 0.29) is 6.61 Å². The SMILES string of the molecule is CCN1CCC(c2ncc(CCO)o2)C1. The summed E-state index contributed by atoms with van der Waals surface area (Å²) in [6.45, 7) is 5.59. The van der Waals surface area contributed by atoms with Crippen molar-refractivity contribution in [3.63, 3.8) is 0 Å². The summed E-state index contributed by atoms with van der Waals surface area (Å²) in [6.07, 6.45) is 3.43. The Bertz CT molecular complexity index is 311. The zero-order valence-corrected chi connectivity index (χ0v) is 9.15. The van der Waals surface area contributed by atoms with E-state index in [4.69, 9.17) is 9.52 Å². The molecule has 0 amide bonds. The third-order valence-electron chi connectivity index (χ3n) is 3.00.